The zero-order valence-corrected chi connectivity index (χ0v) is 13.7. The van der Waals surface area contributed by atoms with Crippen molar-refractivity contribution in [2.45, 2.75) is 51.0 Å². The van der Waals surface area contributed by atoms with E-state index in [1.807, 2.05) is 11.3 Å². The Morgan fingerprint density at radius 2 is 2.05 bits per heavy atom. The van der Waals surface area contributed by atoms with Gasteiger partial charge in [0.15, 0.2) is 0 Å². The van der Waals surface area contributed by atoms with Gasteiger partial charge < -0.3 is 5.32 Å². The third-order valence-electron chi connectivity index (χ3n) is 4.61. The summed E-state index contributed by atoms with van der Waals surface area (Å²) in [6.45, 7) is 5.47. The predicted molar refractivity (Wildman–Crippen MR) is 89.9 cm³/mol. The van der Waals surface area contributed by atoms with Crippen molar-refractivity contribution in [1.29, 1.82) is 0 Å². The van der Waals surface area contributed by atoms with Crippen LogP contribution in [0, 0.1) is 0 Å². The quantitative estimate of drug-likeness (QED) is 0.838. The highest BCUT2D eigenvalue weighted by molar-refractivity contribution is 7.09. The van der Waals surface area contributed by atoms with E-state index in [9.17, 15) is 0 Å². The van der Waals surface area contributed by atoms with Crippen LogP contribution in [0.5, 0.6) is 0 Å². The van der Waals surface area contributed by atoms with E-state index in [-0.39, 0.29) is 5.41 Å². The van der Waals surface area contributed by atoms with Crippen LogP contribution in [0.3, 0.4) is 0 Å². The topological polar surface area (TPSA) is 24.9 Å². The number of hydrogen-bond donors (Lipinski definition) is 1. The van der Waals surface area contributed by atoms with Gasteiger partial charge in [0.1, 0.15) is 5.01 Å². The van der Waals surface area contributed by atoms with Gasteiger partial charge in [-0.25, -0.2) is 4.98 Å². The van der Waals surface area contributed by atoms with Gasteiger partial charge in [-0.3, -0.25) is 0 Å². The maximum Gasteiger partial charge on any atom is 0.103 e. The fraction of sp³-hybridized carbons (Fsp3) is 0.500. The van der Waals surface area contributed by atoms with E-state index >= 15 is 0 Å². The Morgan fingerprint density at radius 3 is 2.67 bits per heavy atom. The molecule has 1 N–H and O–H groups in total. The van der Waals surface area contributed by atoms with E-state index in [0.717, 1.165) is 13.0 Å². The van der Waals surface area contributed by atoms with Crippen molar-refractivity contribution in [3.63, 3.8) is 0 Å². The fourth-order valence-corrected chi connectivity index (χ4v) is 4.28. The summed E-state index contributed by atoms with van der Waals surface area (Å²) >= 11 is 1.84. The molecule has 1 aromatic heterocycles. The minimum Gasteiger partial charge on any atom is -0.309 e. The second-order valence-corrected chi connectivity index (χ2v) is 6.91. The zero-order chi connectivity index (χ0) is 14.7. The summed E-state index contributed by atoms with van der Waals surface area (Å²) < 4.78 is 0. The highest BCUT2D eigenvalue weighted by Crippen LogP contribution is 2.50. The molecular formula is C18H24N2S. The monoisotopic (exact) mass is 300 g/mol. The molecule has 2 nitrogen and oxygen atoms in total. The summed E-state index contributed by atoms with van der Waals surface area (Å²) in [6, 6.07) is 11.3. The summed E-state index contributed by atoms with van der Waals surface area (Å²) in [5.74, 6) is 0. The van der Waals surface area contributed by atoms with Crippen molar-refractivity contribution in [1.82, 2.24) is 10.3 Å². The minimum absolute atomic E-state index is 0.189. The first kappa shape index (κ1) is 14.7. The van der Waals surface area contributed by atoms with Crippen LogP contribution in [0.2, 0.25) is 0 Å². The van der Waals surface area contributed by atoms with Gasteiger partial charge in [-0.05, 0) is 38.3 Å². The van der Waals surface area contributed by atoms with Crippen LogP contribution in [0.15, 0.2) is 35.7 Å². The molecule has 1 aromatic carbocycles. The molecule has 1 unspecified atom stereocenters. The number of hydrogen-bond acceptors (Lipinski definition) is 3. The normalized spacial score (nSPS) is 18.2. The van der Waals surface area contributed by atoms with Crippen LogP contribution in [-0.4, -0.2) is 11.5 Å². The molecule has 21 heavy (non-hydrogen) atoms. The average Bonchev–Trinajstić information content (AvgIpc) is 2.95. The summed E-state index contributed by atoms with van der Waals surface area (Å²) in [5, 5.41) is 7.08. The van der Waals surface area contributed by atoms with Gasteiger partial charge >= 0.3 is 0 Å². The molecule has 0 spiro atoms. The molecule has 3 rings (SSSR count). The van der Waals surface area contributed by atoms with Gasteiger partial charge in [0.05, 0.1) is 5.69 Å². The first-order valence-corrected chi connectivity index (χ1v) is 8.89. The molecule has 0 saturated heterocycles. The molecule has 1 aliphatic rings. The lowest BCUT2D eigenvalue weighted by Crippen LogP contribution is -2.35. The summed E-state index contributed by atoms with van der Waals surface area (Å²) in [5.41, 5.74) is 2.83. The molecule has 1 heterocycles. The van der Waals surface area contributed by atoms with E-state index in [1.165, 1.54) is 35.5 Å². The van der Waals surface area contributed by atoms with Crippen LogP contribution in [0.1, 0.15) is 61.8 Å². The van der Waals surface area contributed by atoms with Crippen LogP contribution >= 0.6 is 11.3 Å². The summed E-state index contributed by atoms with van der Waals surface area (Å²) in [6.07, 6.45) is 4.95. The maximum atomic E-state index is 4.99. The lowest BCUT2D eigenvalue weighted by molar-refractivity contribution is 0.299. The molecular weight excluding hydrogens is 276 g/mol. The van der Waals surface area contributed by atoms with Crippen molar-refractivity contribution < 1.29 is 0 Å². The van der Waals surface area contributed by atoms with Crippen molar-refractivity contribution in [3.8, 4) is 0 Å². The van der Waals surface area contributed by atoms with Crippen LogP contribution < -0.4 is 5.32 Å². The summed E-state index contributed by atoms with van der Waals surface area (Å²) in [7, 11) is 0. The van der Waals surface area contributed by atoms with E-state index < -0.39 is 0 Å². The summed E-state index contributed by atoms with van der Waals surface area (Å²) in [4.78, 5) is 4.99. The Labute approximate surface area is 131 Å². The molecule has 1 saturated carbocycles. The molecule has 0 radical (unpaired) electrons. The van der Waals surface area contributed by atoms with Crippen LogP contribution in [-0.2, 0) is 5.41 Å². The van der Waals surface area contributed by atoms with E-state index in [2.05, 4.69) is 54.9 Å². The highest BCUT2D eigenvalue weighted by atomic mass is 32.1. The Balaban J connectivity index is 1.84. The van der Waals surface area contributed by atoms with Crippen molar-refractivity contribution in [2.24, 2.45) is 0 Å². The average molecular weight is 300 g/mol. The number of aromatic nitrogens is 1. The van der Waals surface area contributed by atoms with Gasteiger partial charge in [-0.1, -0.05) is 43.7 Å². The SMILES string of the molecule is CCCNC(C)c1csc(C2(c3ccccc3)CCC2)n1. The number of nitrogens with zero attached hydrogens (tertiary/aromatic N) is 1. The number of thiazole rings is 1. The molecule has 0 aliphatic heterocycles. The molecule has 0 amide bonds. The molecule has 112 valence electrons. The lowest BCUT2D eigenvalue weighted by atomic mass is 9.65. The molecule has 2 aromatic rings. The zero-order valence-electron chi connectivity index (χ0n) is 12.9. The third-order valence-corrected chi connectivity index (χ3v) is 5.67. The second-order valence-electron chi connectivity index (χ2n) is 6.06. The molecule has 3 heteroatoms. The lowest BCUT2D eigenvalue weighted by Gasteiger charge is -2.40. The smallest absolute Gasteiger partial charge is 0.103 e. The van der Waals surface area contributed by atoms with Gasteiger partial charge in [0.25, 0.3) is 0 Å². The standard InChI is InChI=1S/C18H24N2S/c1-3-12-19-14(2)16-13-21-17(20-16)18(10-7-11-18)15-8-5-4-6-9-15/h4-6,8-9,13-14,19H,3,7,10-12H2,1-2H3. The first-order chi connectivity index (χ1) is 10.3. The maximum absolute atomic E-state index is 4.99. The molecule has 1 atom stereocenters. The number of benzene rings is 1. The van der Waals surface area contributed by atoms with Gasteiger partial charge in [-0.15, -0.1) is 11.3 Å². The largest absolute Gasteiger partial charge is 0.309 e. The predicted octanol–water partition coefficient (Wildman–Crippen LogP) is 4.67. The molecule has 1 fully saturated rings. The van der Waals surface area contributed by atoms with E-state index in [0.29, 0.717) is 6.04 Å². The van der Waals surface area contributed by atoms with Crippen molar-refractivity contribution in [3.05, 3.63) is 52.0 Å². The van der Waals surface area contributed by atoms with Gasteiger partial charge in [0, 0.05) is 16.8 Å². The third kappa shape index (κ3) is 2.77. The fourth-order valence-electron chi connectivity index (χ4n) is 3.08. The Hall–Kier alpha value is -1.19. The van der Waals surface area contributed by atoms with E-state index in [1.54, 1.807) is 0 Å². The van der Waals surface area contributed by atoms with Crippen LogP contribution in [0.25, 0.3) is 0 Å². The van der Waals surface area contributed by atoms with Gasteiger partial charge in [-0.2, -0.15) is 0 Å². The number of rotatable bonds is 6. The molecule has 1 aliphatic carbocycles. The minimum atomic E-state index is 0.189. The first-order valence-electron chi connectivity index (χ1n) is 8.01. The second kappa shape index (κ2) is 6.29. The molecule has 0 bridgehead atoms. The highest BCUT2D eigenvalue weighted by Gasteiger charge is 2.42. The van der Waals surface area contributed by atoms with Crippen LogP contribution in [0.4, 0.5) is 0 Å². The van der Waals surface area contributed by atoms with Gasteiger partial charge in [0.2, 0.25) is 0 Å². The van der Waals surface area contributed by atoms with Crippen molar-refractivity contribution in [2.75, 3.05) is 6.54 Å². The Morgan fingerprint density at radius 1 is 1.29 bits per heavy atom. The Bertz CT molecular complexity index is 572. The number of nitrogens with one attached hydrogen (secondary N) is 1. The van der Waals surface area contributed by atoms with Crippen molar-refractivity contribution >= 4 is 11.3 Å². The van der Waals surface area contributed by atoms with E-state index in [4.69, 9.17) is 4.98 Å². The Kier molecular flexibility index (Phi) is 4.41.